The van der Waals surface area contributed by atoms with E-state index < -0.39 is 0 Å². The highest BCUT2D eigenvalue weighted by molar-refractivity contribution is 5.91. The number of likely N-dealkylation sites (N-methyl/N-ethyl adjacent to an activating group) is 1. The zero-order chi connectivity index (χ0) is 25.6. The lowest BCUT2D eigenvalue weighted by atomic mass is 9.78. The molecule has 2 fully saturated rings. The van der Waals surface area contributed by atoms with E-state index in [9.17, 15) is 0 Å². The van der Waals surface area contributed by atoms with Crippen LogP contribution in [0.1, 0.15) is 31.5 Å². The Morgan fingerprint density at radius 3 is 2.47 bits per heavy atom. The Bertz CT molecular complexity index is 1600. The summed E-state index contributed by atoms with van der Waals surface area (Å²) in [5, 5.41) is 1.10. The van der Waals surface area contributed by atoms with Crippen molar-refractivity contribution in [1.82, 2.24) is 29.2 Å². The molecule has 38 heavy (non-hydrogen) atoms. The Balaban J connectivity index is 1.22. The zero-order valence-electron chi connectivity index (χ0n) is 21.8. The van der Waals surface area contributed by atoms with E-state index in [0.29, 0.717) is 17.8 Å². The average Bonchev–Trinajstić information content (AvgIpc) is 3.33. The molecule has 1 saturated heterocycles. The van der Waals surface area contributed by atoms with E-state index in [0.717, 1.165) is 64.1 Å². The van der Waals surface area contributed by atoms with Gasteiger partial charge in [0.15, 0.2) is 0 Å². The third kappa shape index (κ3) is 4.03. The maximum Gasteiger partial charge on any atom is 0.150 e. The van der Waals surface area contributed by atoms with Crippen molar-refractivity contribution in [2.75, 3.05) is 38.5 Å². The van der Waals surface area contributed by atoms with Gasteiger partial charge in [-0.3, -0.25) is 9.30 Å². The number of hydrogen-bond donors (Lipinski definition) is 1. The van der Waals surface area contributed by atoms with Gasteiger partial charge in [-0.25, -0.2) is 15.0 Å². The van der Waals surface area contributed by atoms with Crippen LogP contribution < -0.4 is 5.73 Å². The van der Waals surface area contributed by atoms with E-state index in [1.165, 1.54) is 26.2 Å². The lowest BCUT2D eigenvalue weighted by Gasteiger charge is -2.46. The van der Waals surface area contributed by atoms with Crippen LogP contribution in [0.25, 0.3) is 38.9 Å². The first-order valence-corrected chi connectivity index (χ1v) is 13.7. The molecule has 7 heteroatoms. The summed E-state index contributed by atoms with van der Waals surface area (Å²) >= 11 is 0. The van der Waals surface area contributed by atoms with Gasteiger partial charge in [0.2, 0.25) is 0 Å². The Hall–Kier alpha value is -3.81. The molecule has 4 heterocycles. The SMILES string of the molecule is CCN1CCN(C2CC(c3nc(-c4ccc5ccc(-c6ccccc6)nc5c4)c4c(N)nccn34)C2)CC1. The summed E-state index contributed by atoms with van der Waals surface area (Å²) in [5.74, 6) is 2.04. The molecule has 7 rings (SSSR count). The lowest BCUT2D eigenvalue weighted by molar-refractivity contribution is 0.0517. The fourth-order valence-electron chi connectivity index (χ4n) is 6.15. The summed E-state index contributed by atoms with van der Waals surface area (Å²) in [5.41, 5.74) is 12.3. The van der Waals surface area contributed by atoms with Gasteiger partial charge in [-0.2, -0.15) is 0 Å². The van der Waals surface area contributed by atoms with E-state index in [4.69, 9.17) is 15.7 Å². The fourth-order valence-corrected chi connectivity index (χ4v) is 6.15. The molecule has 192 valence electrons. The van der Waals surface area contributed by atoms with Gasteiger partial charge in [0.25, 0.3) is 0 Å². The maximum atomic E-state index is 6.45. The summed E-state index contributed by atoms with van der Waals surface area (Å²) in [6.07, 6.45) is 6.09. The van der Waals surface area contributed by atoms with Gasteiger partial charge in [0, 0.05) is 67.0 Å². The highest BCUT2D eigenvalue weighted by Crippen LogP contribution is 2.42. The van der Waals surface area contributed by atoms with Crippen LogP contribution in [0, 0.1) is 0 Å². The molecule has 3 aromatic heterocycles. The van der Waals surface area contributed by atoms with Crippen molar-refractivity contribution in [3.8, 4) is 22.5 Å². The number of nitrogens with zero attached hydrogens (tertiary/aromatic N) is 6. The minimum Gasteiger partial charge on any atom is -0.382 e. The number of anilines is 1. The smallest absolute Gasteiger partial charge is 0.150 e. The van der Waals surface area contributed by atoms with Gasteiger partial charge in [0.1, 0.15) is 22.9 Å². The van der Waals surface area contributed by atoms with Crippen molar-refractivity contribution >= 4 is 22.2 Å². The van der Waals surface area contributed by atoms with Gasteiger partial charge in [0.05, 0.1) is 11.2 Å². The first-order chi connectivity index (χ1) is 18.7. The number of imidazole rings is 1. The number of hydrogen-bond acceptors (Lipinski definition) is 6. The minimum atomic E-state index is 0.426. The van der Waals surface area contributed by atoms with E-state index in [1.54, 1.807) is 6.20 Å². The molecule has 0 radical (unpaired) electrons. The number of aromatic nitrogens is 4. The number of piperazine rings is 1. The van der Waals surface area contributed by atoms with Gasteiger partial charge >= 0.3 is 0 Å². The van der Waals surface area contributed by atoms with Crippen molar-refractivity contribution in [3.05, 3.63) is 78.9 Å². The maximum absolute atomic E-state index is 6.45. The molecule has 0 bridgehead atoms. The minimum absolute atomic E-state index is 0.426. The second kappa shape index (κ2) is 9.49. The highest BCUT2D eigenvalue weighted by Gasteiger charge is 2.38. The van der Waals surface area contributed by atoms with E-state index >= 15 is 0 Å². The second-order valence-corrected chi connectivity index (χ2v) is 10.6. The molecular weight excluding hydrogens is 470 g/mol. The first-order valence-electron chi connectivity index (χ1n) is 13.7. The summed E-state index contributed by atoms with van der Waals surface area (Å²) < 4.78 is 2.17. The van der Waals surface area contributed by atoms with E-state index in [-0.39, 0.29) is 0 Å². The van der Waals surface area contributed by atoms with Crippen molar-refractivity contribution in [2.45, 2.75) is 31.7 Å². The highest BCUT2D eigenvalue weighted by atomic mass is 15.3. The number of pyridine rings is 1. The third-order valence-electron chi connectivity index (χ3n) is 8.49. The third-order valence-corrected chi connectivity index (χ3v) is 8.49. The molecular formula is C31H33N7. The molecule has 7 nitrogen and oxygen atoms in total. The number of nitrogen functional groups attached to an aromatic ring is 1. The number of rotatable bonds is 5. The van der Waals surface area contributed by atoms with E-state index in [1.807, 2.05) is 24.4 Å². The molecule has 5 aromatic rings. The first kappa shape index (κ1) is 23.3. The van der Waals surface area contributed by atoms with Crippen molar-refractivity contribution in [2.24, 2.45) is 0 Å². The summed E-state index contributed by atoms with van der Waals surface area (Å²) in [6.45, 7) is 8.10. The predicted molar refractivity (Wildman–Crippen MR) is 153 cm³/mol. The molecule has 1 aliphatic carbocycles. The summed E-state index contributed by atoms with van der Waals surface area (Å²) in [6, 6.07) is 21.6. The predicted octanol–water partition coefficient (Wildman–Crippen LogP) is 5.08. The Morgan fingerprint density at radius 2 is 1.68 bits per heavy atom. The van der Waals surface area contributed by atoms with Gasteiger partial charge < -0.3 is 10.6 Å². The summed E-state index contributed by atoms with van der Waals surface area (Å²) in [4.78, 5) is 19.8. The van der Waals surface area contributed by atoms with Crippen LogP contribution in [0.3, 0.4) is 0 Å². The van der Waals surface area contributed by atoms with Crippen LogP contribution in [0.2, 0.25) is 0 Å². The van der Waals surface area contributed by atoms with Gasteiger partial charge in [-0.1, -0.05) is 55.5 Å². The van der Waals surface area contributed by atoms with Crippen LogP contribution >= 0.6 is 0 Å². The van der Waals surface area contributed by atoms with Crippen LogP contribution in [0.4, 0.5) is 5.82 Å². The Morgan fingerprint density at radius 1 is 0.895 bits per heavy atom. The molecule has 1 aliphatic heterocycles. The lowest BCUT2D eigenvalue weighted by Crippen LogP contribution is -2.53. The Labute approximate surface area is 223 Å². The largest absolute Gasteiger partial charge is 0.382 e. The van der Waals surface area contributed by atoms with Crippen LogP contribution in [-0.2, 0) is 0 Å². The van der Waals surface area contributed by atoms with Crippen LogP contribution in [0.5, 0.6) is 0 Å². The van der Waals surface area contributed by atoms with Gasteiger partial charge in [-0.05, 0) is 31.5 Å². The quantitative estimate of drug-likeness (QED) is 0.361. The molecule has 2 N–H and O–H groups in total. The van der Waals surface area contributed by atoms with E-state index in [2.05, 4.69) is 68.6 Å². The van der Waals surface area contributed by atoms with Crippen LogP contribution in [0.15, 0.2) is 73.1 Å². The van der Waals surface area contributed by atoms with Crippen molar-refractivity contribution < 1.29 is 0 Å². The normalized spacial score (nSPS) is 20.7. The van der Waals surface area contributed by atoms with Crippen molar-refractivity contribution in [1.29, 1.82) is 0 Å². The number of fused-ring (bicyclic) bond motifs is 2. The number of nitrogens with two attached hydrogens (primary N) is 1. The Kier molecular flexibility index (Phi) is 5.82. The van der Waals surface area contributed by atoms with Crippen LogP contribution in [-0.4, -0.2) is 67.9 Å². The molecule has 0 unspecified atom stereocenters. The van der Waals surface area contributed by atoms with Gasteiger partial charge in [-0.15, -0.1) is 0 Å². The fraction of sp³-hybridized carbons (Fsp3) is 0.323. The second-order valence-electron chi connectivity index (χ2n) is 10.6. The summed E-state index contributed by atoms with van der Waals surface area (Å²) in [7, 11) is 0. The average molecular weight is 504 g/mol. The standard InChI is InChI=1S/C31H33N7/c1-2-36-14-16-37(17-15-36)25-18-24(19-25)31-35-28(29-30(32)33-12-13-38(29)31)23-9-8-22-10-11-26(34-27(22)20-23)21-6-4-3-5-7-21/h3-13,20,24-25H,2,14-19H2,1H3,(H2,32,33). The molecule has 0 atom stereocenters. The van der Waals surface area contributed by atoms with Crippen molar-refractivity contribution in [3.63, 3.8) is 0 Å². The topological polar surface area (TPSA) is 75.6 Å². The number of benzene rings is 2. The molecule has 1 saturated carbocycles. The molecule has 2 aliphatic rings. The molecule has 0 amide bonds. The molecule has 0 spiro atoms. The zero-order valence-corrected chi connectivity index (χ0v) is 21.8. The molecule has 2 aromatic carbocycles. The monoisotopic (exact) mass is 503 g/mol.